The molecule has 1 unspecified atom stereocenters. The zero-order chi connectivity index (χ0) is 15.5. The third-order valence-corrected chi connectivity index (χ3v) is 3.79. The molecule has 1 atom stereocenters. The van der Waals surface area contributed by atoms with Crippen molar-refractivity contribution in [2.24, 2.45) is 5.41 Å². The highest BCUT2D eigenvalue weighted by molar-refractivity contribution is 6.31. The highest BCUT2D eigenvalue weighted by atomic mass is 35.5. The van der Waals surface area contributed by atoms with Gasteiger partial charge in [0.05, 0.1) is 25.2 Å². The molecule has 0 bridgehead atoms. The first-order valence-corrected chi connectivity index (χ1v) is 7.17. The first-order valence-electron chi connectivity index (χ1n) is 6.79. The number of hydroxylamine groups is 2. The smallest absolute Gasteiger partial charge is 0.257 e. The molecule has 1 heterocycles. The van der Waals surface area contributed by atoms with E-state index in [2.05, 4.69) is 0 Å². The monoisotopic (exact) mass is 313 g/mol. The number of carbonyl (C=O) groups is 1. The van der Waals surface area contributed by atoms with Gasteiger partial charge in [0.25, 0.3) is 5.91 Å². The number of nitrogens with zero attached hydrogens (tertiary/aromatic N) is 1. The molecule has 0 aliphatic carbocycles. The molecule has 6 heteroatoms. The maximum Gasteiger partial charge on any atom is 0.257 e. The molecule has 1 fully saturated rings. The van der Waals surface area contributed by atoms with Crippen LogP contribution < -0.4 is 0 Å². The molecule has 0 aromatic heterocycles. The van der Waals surface area contributed by atoms with Crippen molar-refractivity contribution in [1.82, 2.24) is 5.06 Å². The molecular formula is C15H20ClNO4. The topological polar surface area (TPSA) is 48.0 Å². The van der Waals surface area contributed by atoms with Gasteiger partial charge in [-0.05, 0) is 25.5 Å². The minimum Gasteiger partial charge on any atom is -0.382 e. The van der Waals surface area contributed by atoms with Crippen LogP contribution in [0.2, 0.25) is 5.02 Å². The second-order valence-corrected chi connectivity index (χ2v) is 5.86. The normalized spacial score (nSPS) is 21.0. The van der Waals surface area contributed by atoms with Crippen LogP contribution in [0.3, 0.4) is 0 Å². The molecule has 1 aliphatic rings. The molecule has 0 N–H and O–H groups in total. The molecule has 2 rings (SSSR count). The van der Waals surface area contributed by atoms with E-state index in [-0.39, 0.29) is 5.91 Å². The molecule has 1 saturated heterocycles. The predicted octanol–water partition coefficient (Wildman–Crippen LogP) is 2.63. The first-order chi connectivity index (χ1) is 9.96. The van der Waals surface area contributed by atoms with E-state index in [0.29, 0.717) is 24.8 Å². The SMILES string of the molecule is COCCOC1ON(Cc2ccccc2Cl)C(=O)C1(C)C. The summed E-state index contributed by atoms with van der Waals surface area (Å²) in [6, 6.07) is 7.37. The van der Waals surface area contributed by atoms with Crippen molar-refractivity contribution in [3.8, 4) is 0 Å². The third-order valence-electron chi connectivity index (χ3n) is 3.42. The quantitative estimate of drug-likeness (QED) is 0.758. The van der Waals surface area contributed by atoms with E-state index in [1.54, 1.807) is 27.0 Å². The fraction of sp³-hybridized carbons (Fsp3) is 0.533. The van der Waals surface area contributed by atoms with E-state index in [1.807, 2.05) is 18.2 Å². The van der Waals surface area contributed by atoms with E-state index in [1.165, 1.54) is 5.06 Å². The Labute approximate surface area is 129 Å². The summed E-state index contributed by atoms with van der Waals surface area (Å²) < 4.78 is 10.5. The van der Waals surface area contributed by atoms with Crippen LogP contribution in [0.4, 0.5) is 0 Å². The average molecular weight is 314 g/mol. The Kier molecular flexibility index (Phi) is 5.22. The van der Waals surface area contributed by atoms with Gasteiger partial charge in [0, 0.05) is 12.1 Å². The number of hydrogen-bond donors (Lipinski definition) is 0. The molecule has 116 valence electrons. The van der Waals surface area contributed by atoms with Crippen LogP contribution in [0, 0.1) is 5.41 Å². The Balaban J connectivity index is 2.05. The van der Waals surface area contributed by atoms with E-state index in [4.69, 9.17) is 25.9 Å². The van der Waals surface area contributed by atoms with Crippen molar-refractivity contribution >= 4 is 17.5 Å². The summed E-state index contributed by atoms with van der Waals surface area (Å²) in [5.41, 5.74) is 0.0931. The lowest BCUT2D eigenvalue weighted by Gasteiger charge is -2.20. The Morgan fingerprint density at radius 1 is 1.33 bits per heavy atom. The lowest BCUT2D eigenvalue weighted by Crippen LogP contribution is -2.34. The number of rotatable bonds is 6. The number of halogens is 1. The predicted molar refractivity (Wildman–Crippen MR) is 78.5 cm³/mol. The molecule has 0 saturated carbocycles. The lowest BCUT2D eigenvalue weighted by molar-refractivity contribution is -0.250. The van der Waals surface area contributed by atoms with E-state index in [9.17, 15) is 4.79 Å². The van der Waals surface area contributed by atoms with Crippen LogP contribution in [-0.4, -0.2) is 37.6 Å². The summed E-state index contributed by atoms with van der Waals surface area (Å²) in [5.74, 6) is -0.121. The second-order valence-electron chi connectivity index (χ2n) is 5.46. The third kappa shape index (κ3) is 3.55. The number of benzene rings is 1. The summed E-state index contributed by atoms with van der Waals surface area (Å²) in [6.45, 7) is 4.73. The number of amides is 1. The van der Waals surface area contributed by atoms with Crippen LogP contribution in [0.25, 0.3) is 0 Å². The van der Waals surface area contributed by atoms with Crippen LogP contribution in [0.5, 0.6) is 0 Å². The van der Waals surface area contributed by atoms with Gasteiger partial charge in [0.1, 0.15) is 0 Å². The van der Waals surface area contributed by atoms with E-state index < -0.39 is 11.7 Å². The van der Waals surface area contributed by atoms with Gasteiger partial charge < -0.3 is 9.47 Å². The molecule has 1 aliphatic heterocycles. The van der Waals surface area contributed by atoms with E-state index in [0.717, 1.165) is 5.56 Å². The molecule has 0 spiro atoms. The van der Waals surface area contributed by atoms with Crippen LogP contribution in [0.15, 0.2) is 24.3 Å². The Morgan fingerprint density at radius 2 is 2.05 bits per heavy atom. The second kappa shape index (κ2) is 6.75. The fourth-order valence-corrected chi connectivity index (χ4v) is 2.28. The Hall–Kier alpha value is -1.14. The molecule has 21 heavy (non-hydrogen) atoms. The minimum atomic E-state index is -0.741. The van der Waals surface area contributed by atoms with Crippen LogP contribution >= 0.6 is 11.6 Å². The van der Waals surface area contributed by atoms with Gasteiger partial charge in [-0.15, -0.1) is 0 Å². The molecule has 1 amide bonds. The van der Waals surface area contributed by atoms with Gasteiger partial charge in [0.15, 0.2) is 6.29 Å². The van der Waals surface area contributed by atoms with E-state index >= 15 is 0 Å². The molecular weight excluding hydrogens is 294 g/mol. The average Bonchev–Trinajstić information content (AvgIpc) is 2.66. The van der Waals surface area contributed by atoms with Gasteiger partial charge in [-0.25, -0.2) is 9.90 Å². The Morgan fingerprint density at radius 3 is 2.71 bits per heavy atom. The van der Waals surface area contributed by atoms with Gasteiger partial charge in [-0.3, -0.25) is 4.79 Å². The highest BCUT2D eigenvalue weighted by Crippen LogP contribution is 2.36. The van der Waals surface area contributed by atoms with Crippen molar-refractivity contribution < 1.29 is 19.1 Å². The molecule has 0 radical (unpaired) electrons. The first kappa shape index (κ1) is 16.2. The van der Waals surface area contributed by atoms with Crippen molar-refractivity contribution in [3.63, 3.8) is 0 Å². The molecule has 1 aromatic carbocycles. The summed E-state index contributed by atoms with van der Waals surface area (Å²) in [7, 11) is 1.60. The van der Waals surface area contributed by atoms with Gasteiger partial charge >= 0.3 is 0 Å². The number of methoxy groups -OCH3 is 1. The zero-order valence-electron chi connectivity index (χ0n) is 12.5. The number of carbonyl (C=O) groups excluding carboxylic acids is 1. The van der Waals surface area contributed by atoms with Crippen LogP contribution in [0.1, 0.15) is 19.4 Å². The summed E-state index contributed by atoms with van der Waals surface area (Å²) in [6.07, 6.45) is -0.623. The van der Waals surface area contributed by atoms with Crippen molar-refractivity contribution in [2.75, 3.05) is 20.3 Å². The zero-order valence-corrected chi connectivity index (χ0v) is 13.2. The largest absolute Gasteiger partial charge is 0.382 e. The summed E-state index contributed by atoms with van der Waals surface area (Å²) in [4.78, 5) is 18.1. The standard InChI is InChI=1S/C15H20ClNO4/c1-15(2)13(18)17(21-14(15)20-9-8-19-3)10-11-6-4-5-7-12(11)16/h4-7,14H,8-10H2,1-3H3. The van der Waals surface area contributed by atoms with Gasteiger partial charge in [-0.2, -0.15) is 0 Å². The number of ether oxygens (including phenoxy) is 2. The maximum atomic E-state index is 12.4. The van der Waals surface area contributed by atoms with Gasteiger partial charge in [-0.1, -0.05) is 29.8 Å². The molecule has 5 nitrogen and oxygen atoms in total. The minimum absolute atomic E-state index is 0.121. The summed E-state index contributed by atoms with van der Waals surface area (Å²) >= 11 is 6.12. The molecule has 1 aromatic rings. The van der Waals surface area contributed by atoms with Gasteiger partial charge in [0.2, 0.25) is 0 Å². The Bertz CT molecular complexity index is 506. The van der Waals surface area contributed by atoms with Crippen molar-refractivity contribution in [3.05, 3.63) is 34.9 Å². The fourth-order valence-electron chi connectivity index (χ4n) is 2.09. The van der Waals surface area contributed by atoms with Crippen LogP contribution in [-0.2, 0) is 25.7 Å². The number of hydrogen-bond acceptors (Lipinski definition) is 4. The highest BCUT2D eigenvalue weighted by Gasteiger charge is 2.50. The summed E-state index contributed by atoms with van der Waals surface area (Å²) in [5, 5.41) is 1.93. The lowest BCUT2D eigenvalue weighted by atomic mass is 9.92. The maximum absolute atomic E-state index is 12.4. The van der Waals surface area contributed by atoms with Crippen molar-refractivity contribution in [2.45, 2.75) is 26.7 Å². The van der Waals surface area contributed by atoms with Crippen molar-refractivity contribution in [1.29, 1.82) is 0 Å².